The molecule has 3 N–H and O–H groups in total. The summed E-state index contributed by atoms with van der Waals surface area (Å²) in [5.74, 6) is -0.649. The normalized spacial score (nSPS) is 14.2. The molecule has 1 aliphatic rings. The maximum absolute atomic E-state index is 14.0. The summed E-state index contributed by atoms with van der Waals surface area (Å²) in [6.07, 6.45) is 5.53. The maximum Gasteiger partial charge on any atom is 0.147 e. The van der Waals surface area contributed by atoms with E-state index in [0.29, 0.717) is 0 Å². The molecule has 0 saturated heterocycles. The van der Waals surface area contributed by atoms with Gasteiger partial charge in [-0.3, -0.25) is 0 Å². The van der Waals surface area contributed by atoms with Gasteiger partial charge in [0.25, 0.3) is 0 Å². The molecule has 0 fully saturated rings. The number of hydrogen-bond acceptors (Lipinski definition) is 3. The second kappa shape index (κ2) is 6.74. The van der Waals surface area contributed by atoms with E-state index in [2.05, 4.69) is 5.32 Å². The fourth-order valence-electron chi connectivity index (χ4n) is 2.40. The highest BCUT2D eigenvalue weighted by Crippen LogP contribution is 2.35. The molecule has 0 amide bonds. The number of hydrogen-bond donors (Lipinski definition) is 2. The molecule has 0 radical (unpaired) electrons. The molecule has 2 aromatic carbocycles. The van der Waals surface area contributed by atoms with Crippen molar-refractivity contribution < 1.29 is 13.5 Å². The standard InChI is InChI=1S/C17H15F2IN2O/c18-10-7-15(22-14-6-5-11(20)9-13(14)19)17(21)16(8-10)23-12-3-1-2-4-12/h1-2,5-9,12,22H,3-4,21H2. The van der Waals surface area contributed by atoms with Crippen molar-refractivity contribution in [1.82, 2.24) is 0 Å². The highest BCUT2D eigenvalue weighted by Gasteiger charge is 2.17. The van der Waals surface area contributed by atoms with Gasteiger partial charge in [-0.15, -0.1) is 0 Å². The van der Waals surface area contributed by atoms with Crippen LogP contribution >= 0.6 is 22.6 Å². The number of nitrogens with two attached hydrogens (primary N) is 1. The van der Waals surface area contributed by atoms with Gasteiger partial charge in [-0.1, -0.05) is 12.2 Å². The van der Waals surface area contributed by atoms with Gasteiger partial charge in [0.1, 0.15) is 23.5 Å². The number of ether oxygens (including phenoxy) is 1. The Hall–Kier alpha value is -1.83. The molecule has 0 bridgehead atoms. The lowest BCUT2D eigenvalue weighted by atomic mass is 10.2. The fourth-order valence-corrected chi connectivity index (χ4v) is 2.85. The van der Waals surface area contributed by atoms with Crippen LogP contribution in [0.25, 0.3) is 0 Å². The summed E-state index contributed by atoms with van der Waals surface area (Å²) >= 11 is 2.02. The highest BCUT2D eigenvalue weighted by molar-refractivity contribution is 14.1. The molecule has 0 unspecified atom stereocenters. The van der Waals surface area contributed by atoms with Gasteiger partial charge < -0.3 is 15.8 Å². The monoisotopic (exact) mass is 428 g/mol. The van der Waals surface area contributed by atoms with Gasteiger partial charge in [0.2, 0.25) is 0 Å². The Bertz CT molecular complexity index is 756. The van der Waals surface area contributed by atoms with Gasteiger partial charge in [0.05, 0.1) is 17.1 Å². The summed E-state index contributed by atoms with van der Waals surface area (Å²) < 4.78 is 34.3. The summed E-state index contributed by atoms with van der Waals surface area (Å²) in [4.78, 5) is 0. The molecule has 0 heterocycles. The van der Waals surface area contributed by atoms with Crippen molar-refractivity contribution in [3.63, 3.8) is 0 Å². The lowest BCUT2D eigenvalue weighted by molar-refractivity contribution is 0.217. The van der Waals surface area contributed by atoms with Crippen molar-refractivity contribution in [2.24, 2.45) is 0 Å². The van der Waals surface area contributed by atoms with Gasteiger partial charge in [-0.05, 0) is 46.9 Å². The van der Waals surface area contributed by atoms with Gasteiger partial charge in [-0.2, -0.15) is 0 Å². The third kappa shape index (κ3) is 3.74. The Kier molecular flexibility index (Phi) is 4.70. The van der Waals surface area contributed by atoms with E-state index >= 15 is 0 Å². The lowest BCUT2D eigenvalue weighted by Crippen LogP contribution is -2.13. The van der Waals surface area contributed by atoms with Gasteiger partial charge in [-0.25, -0.2) is 8.78 Å². The van der Waals surface area contributed by atoms with Gasteiger partial charge in [0.15, 0.2) is 0 Å². The first-order valence-electron chi connectivity index (χ1n) is 7.15. The number of benzene rings is 2. The van der Waals surface area contributed by atoms with Crippen LogP contribution in [0.2, 0.25) is 0 Å². The Morgan fingerprint density at radius 2 is 1.83 bits per heavy atom. The molecule has 0 spiro atoms. The molecule has 0 aliphatic heterocycles. The molecule has 2 aromatic rings. The molecule has 1 aliphatic carbocycles. The molecule has 6 heteroatoms. The zero-order valence-corrected chi connectivity index (χ0v) is 14.3. The van der Waals surface area contributed by atoms with E-state index in [9.17, 15) is 8.78 Å². The van der Waals surface area contributed by atoms with Crippen LogP contribution in [0.15, 0.2) is 42.5 Å². The summed E-state index contributed by atoms with van der Waals surface area (Å²) in [6, 6.07) is 7.21. The van der Waals surface area contributed by atoms with Crippen molar-refractivity contribution in [2.45, 2.75) is 18.9 Å². The van der Waals surface area contributed by atoms with Gasteiger partial charge >= 0.3 is 0 Å². The second-order valence-electron chi connectivity index (χ2n) is 5.30. The number of nitrogens with one attached hydrogen (secondary N) is 1. The lowest BCUT2D eigenvalue weighted by Gasteiger charge is -2.18. The summed E-state index contributed by atoms with van der Waals surface area (Å²) in [7, 11) is 0. The van der Waals surface area contributed by atoms with Gasteiger partial charge in [0, 0.05) is 22.5 Å². The number of nitrogen functional groups attached to an aromatic ring is 1. The van der Waals surface area contributed by atoms with Crippen molar-refractivity contribution in [2.75, 3.05) is 11.1 Å². The van der Waals surface area contributed by atoms with Crippen molar-refractivity contribution in [3.8, 4) is 5.75 Å². The first-order valence-corrected chi connectivity index (χ1v) is 8.23. The number of rotatable bonds is 4. The molecule has 0 atom stereocenters. The van der Waals surface area contributed by atoms with Crippen LogP contribution in [0.5, 0.6) is 5.75 Å². The van der Waals surface area contributed by atoms with Crippen LogP contribution in [0.3, 0.4) is 0 Å². The molecular weight excluding hydrogens is 413 g/mol. The minimum atomic E-state index is -0.492. The van der Waals surface area contributed by atoms with Crippen LogP contribution in [0.4, 0.5) is 25.8 Å². The molecule has 0 saturated carbocycles. The van der Waals surface area contributed by atoms with Crippen LogP contribution in [0.1, 0.15) is 12.8 Å². The third-order valence-electron chi connectivity index (χ3n) is 3.57. The van der Waals surface area contributed by atoms with Crippen molar-refractivity contribution >= 4 is 39.7 Å². The molecule has 0 aromatic heterocycles. The fraction of sp³-hybridized carbons (Fsp3) is 0.176. The first-order chi connectivity index (χ1) is 11.0. The minimum absolute atomic E-state index is 0.0398. The Balaban J connectivity index is 1.87. The van der Waals surface area contributed by atoms with E-state index in [1.807, 2.05) is 34.7 Å². The SMILES string of the molecule is Nc1c(Nc2ccc(I)cc2F)cc(F)cc1OC1CC=CC1. The van der Waals surface area contributed by atoms with E-state index in [1.54, 1.807) is 12.1 Å². The summed E-state index contributed by atoms with van der Waals surface area (Å²) in [5.41, 5.74) is 6.84. The summed E-state index contributed by atoms with van der Waals surface area (Å²) in [5, 5.41) is 2.83. The number of anilines is 3. The molecule has 120 valence electrons. The quantitative estimate of drug-likeness (QED) is 0.410. The van der Waals surface area contributed by atoms with Crippen LogP contribution in [-0.4, -0.2) is 6.10 Å². The van der Waals surface area contributed by atoms with Crippen molar-refractivity contribution in [1.29, 1.82) is 0 Å². The first kappa shape index (κ1) is 16.0. The van der Waals surface area contributed by atoms with E-state index in [0.717, 1.165) is 16.4 Å². The van der Waals surface area contributed by atoms with Crippen molar-refractivity contribution in [3.05, 3.63) is 57.7 Å². The van der Waals surface area contributed by atoms with E-state index in [4.69, 9.17) is 10.5 Å². The molecule has 23 heavy (non-hydrogen) atoms. The molecule has 3 nitrogen and oxygen atoms in total. The predicted molar refractivity (Wildman–Crippen MR) is 96.0 cm³/mol. The average molecular weight is 428 g/mol. The smallest absolute Gasteiger partial charge is 0.147 e. The second-order valence-corrected chi connectivity index (χ2v) is 6.54. The Labute approximate surface area is 146 Å². The highest BCUT2D eigenvalue weighted by atomic mass is 127. The zero-order valence-electron chi connectivity index (χ0n) is 12.2. The predicted octanol–water partition coefficient (Wildman–Crippen LogP) is 4.99. The van der Waals surface area contributed by atoms with Crippen LogP contribution in [-0.2, 0) is 0 Å². The molecule has 3 rings (SSSR count). The van der Waals surface area contributed by atoms with Crippen LogP contribution < -0.4 is 15.8 Å². The Morgan fingerprint density at radius 1 is 1.09 bits per heavy atom. The minimum Gasteiger partial charge on any atom is -0.487 e. The van der Waals surface area contributed by atoms with E-state index < -0.39 is 11.6 Å². The molecular formula is C17H15F2IN2O. The zero-order chi connectivity index (χ0) is 16.4. The third-order valence-corrected chi connectivity index (χ3v) is 4.24. The van der Waals surface area contributed by atoms with E-state index in [-0.39, 0.29) is 28.9 Å². The summed E-state index contributed by atoms with van der Waals surface area (Å²) in [6.45, 7) is 0. The van der Waals surface area contributed by atoms with Crippen LogP contribution in [0, 0.1) is 15.2 Å². The topological polar surface area (TPSA) is 47.3 Å². The average Bonchev–Trinajstić information content (AvgIpc) is 2.99. The Morgan fingerprint density at radius 3 is 2.52 bits per heavy atom. The largest absolute Gasteiger partial charge is 0.487 e. The van der Waals surface area contributed by atoms with E-state index in [1.165, 1.54) is 18.2 Å². The number of halogens is 3. The maximum atomic E-state index is 14.0.